The second kappa shape index (κ2) is 10.4. The monoisotopic (exact) mass is 434 g/mol. The Labute approximate surface area is 187 Å². The number of pyridine rings is 1. The number of carbonyl (C=O) groups excluding carboxylic acids is 2. The molecule has 0 radical (unpaired) electrons. The molecule has 7 nitrogen and oxygen atoms in total. The predicted octanol–water partition coefficient (Wildman–Crippen LogP) is 3.76. The molecule has 2 atom stereocenters. The molecule has 1 heterocycles. The Kier molecular flexibility index (Phi) is 7.44. The minimum absolute atomic E-state index is 0.117. The standard InChI is InChI=1S/C25H26N2O5/c1-16(14-18-8-7-11-20(15-18)19-9-5-4-6-10-19)32-25(30)17(2)27-24(29)22-23(28)21(31-3)12-13-26-22/h4-13,15-17,28H,14H2,1-3H3,(H,27,29)/t16?,17-/m0/s1. The molecular weight excluding hydrogens is 408 g/mol. The van der Waals surface area contributed by atoms with E-state index in [1.165, 1.54) is 26.3 Å². The van der Waals surface area contributed by atoms with E-state index in [0.717, 1.165) is 16.7 Å². The summed E-state index contributed by atoms with van der Waals surface area (Å²) < 4.78 is 10.5. The van der Waals surface area contributed by atoms with Crippen LogP contribution in [0.1, 0.15) is 29.9 Å². The maximum Gasteiger partial charge on any atom is 0.328 e. The molecule has 0 bridgehead atoms. The number of esters is 1. The summed E-state index contributed by atoms with van der Waals surface area (Å²) in [5, 5.41) is 12.6. The van der Waals surface area contributed by atoms with E-state index in [2.05, 4.69) is 16.4 Å². The first-order chi connectivity index (χ1) is 15.4. The Morgan fingerprint density at radius 2 is 1.75 bits per heavy atom. The lowest BCUT2D eigenvalue weighted by molar-refractivity contribution is -0.150. The van der Waals surface area contributed by atoms with Crippen LogP contribution in [0.5, 0.6) is 11.5 Å². The smallest absolute Gasteiger partial charge is 0.328 e. The molecule has 0 saturated carbocycles. The Morgan fingerprint density at radius 1 is 1.03 bits per heavy atom. The van der Waals surface area contributed by atoms with Gasteiger partial charge in [0, 0.05) is 18.7 Å². The van der Waals surface area contributed by atoms with Gasteiger partial charge in [-0.25, -0.2) is 9.78 Å². The molecule has 2 N–H and O–H groups in total. The van der Waals surface area contributed by atoms with E-state index in [0.29, 0.717) is 6.42 Å². The first-order valence-corrected chi connectivity index (χ1v) is 10.3. The summed E-state index contributed by atoms with van der Waals surface area (Å²) in [6.45, 7) is 3.32. The molecule has 2 aromatic carbocycles. The van der Waals surface area contributed by atoms with Crippen molar-refractivity contribution in [2.24, 2.45) is 0 Å². The number of hydrogen-bond donors (Lipinski definition) is 2. The van der Waals surface area contributed by atoms with Gasteiger partial charge in [0.25, 0.3) is 5.91 Å². The van der Waals surface area contributed by atoms with Crippen LogP contribution in [0.3, 0.4) is 0 Å². The first kappa shape index (κ1) is 22.8. The van der Waals surface area contributed by atoms with Crippen LogP contribution < -0.4 is 10.1 Å². The Bertz CT molecular complexity index is 1080. The topological polar surface area (TPSA) is 97.8 Å². The van der Waals surface area contributed by atoms with Crippen LogP contribution in [0.2, 0.25) is 0 Å². The Morgan fingerprint density at radius 3 is 2.47 bits per heavy atom. The van der Waals surface area contributed by atoms with Crippen LogP contribution in [0.4, 0.5) is 0 Å². The SMILES string of the molecule is COc1ccnc(C(=O)N[C@@H](C)C(=O)OC(C)Cc2cccc(-c3ccccc3)c2)c1O. The predicted molar refractivity (Wildman–Crippen MR) is 121 cm³/mol. The number of ether oxygens (including phenoxy) is 2. The average molecular weight is 434 g/mol. The second-order valence-electron chi connectivity index (χ2n) is 7.42. The van der Waals surface area contributed by atoms with Crippen LogP contribution in [0.25, 0.3) is 11.1 Å². The molecule has 0 aliphatic heterocycles. The number of methoxy groups -OCH3 is 1. The van der Waals surface area contributed by atoms with Gasteiger partial charge in [0.15, 0.2) is 17.2 Å². The highest BCUT2D eigenvalue weighted by atomic mass is 16.5. The van der Waals surface area contributed by atoms with Gasteiger partial charge in [-0.2, -0.15) is 0 Å². The number of nitrogens with one attached hydrogen (secondary N) is 1. The summed E-state index contributed by atoms with van der Waals surface area (Å²) in [6, 6.07) is 18.6. The number of amides is 1. The van der Waals surface area contributed by atoms with E-state index in [4.69, 9.17) is 9.47 Å². The van der Waals surface area contributed by atoms with Crippen LogP contribution in [-0.2, 0) is 16.0 Å². The van der Waals surface area contributed by atoms with Crippen molar-refractivity contribution < 1.29 is 24.2 Å². The molecule has 166 valence electrons. The number of aromatic hydroxyl groups is 1. The van der Waals surface area contributed by atoms with Gasteiger partial charge in [0.1, 0.15) is 12.1 Å². The summed E-state index contributed by atoms with van der Waals surface area (Å²) in [5.41, 5.74) is 3.02. The molecule has 1 amide bonds. The van der Waals surface area contributed by atoms with E-state index in [9.17, 15) is 14.7 Å². The minimum Gasteiger partial charge on any atom is -0.503 e. The molecule has 1 aromatic heterocycles. The van der Waals surface area contributed by atoms with Crippen molar-refractivity contribution >= 4 is 11.9 Å². The summed E-state index contributed by atoms with van der Waals surface area (Å²) in [7, 11) is 1.37. The van der Waals surface area contributed by atoms with Crippen LogP contribution >= 0.6 is 0 Å². The van der Waals surface area contributed by atoms with Crippen LogP contribution in [0.15, 0.2) is 66.9 Å². The lowest BCUT2D eigenvalue weighted by Crippen LogP contribution is -2.41. The summed E-state index contributed by atoms with van der Waals surface area (Å²) >= 11 is 0. The normalized spacial score (nSPS) is 12.5. The fraction of sp³-hybridized carbons (Fsp3) is 0.240. The van der Waals surface area contributed by atoms with E-state index in [-0.39, 0.29) is 17.2 Å². The van der Waals surface area contributed by atoms with Gasteiger partial charge in [-0.15, -0.1) is 0 Å². The van der Waals surface area contributed by atoms with Crippen LogP contribution in [-0.4, -0.2) is 41.2 Å². The Balaban J connectivity index is 1.58. The molecule has 3 aromatic rings. The highest BCUT2D eigenvalue weighted by molar-refractivity contribution is 5.97. The number of rotatable bonds is 8. The summed E-state index contributed by atoms with van der Waals surface area (Å²) in [4.78, 5) is 28.7. The van der Waals surface area contributed by atoms with Crippen molar-refractivity contribution in [2.45, 2.75) is 32.4 Å². The number of nitrogens with zero attached hydrogens (tertiary/aromatic N) is 1. The third-order valence-electron chi connectivity index (χ3n) is 4.90. The van der Waals surface area contributed by atoms with Crippen molar-refractivity contribution in [1.29, 1.82) is 0 Å². The molecule has 0 aliphatic rings. The van der Waals surface area contributed by atoms with Crippen molar-refractivity contribution in [2.75, 3.05) is 7.11 Å². The van der Waals surface area contributed by atoms with Crippen molar-refractivity contribution in [3.63, 3.8) is 0 Å². The van der Waals surface area contributed by atoms with Gasteiger partial charge >= 0.3 is 5.97 Å². The maximum absolute atomic E-state index is 12.5. The number of aromatic nitrogens is 1. The summed E-state index contributed by atoms with van der Waals surface area (Å²) in [5.74, 6) is -1.55. The molecule has 0 spiro atoms. The zero-order valence-electron chi connectivity index (χ0n) is 18.2. The Hall–Kier alpha value is -3.87. The van der Waals surface area contributed by atoms with Crippen molar-refractivity contribution in [1.82, 2.24) is 10.3 Å². The fourth-order valence-corrected chi connectivity index (χ4v) is 3.27. The van der Waals surface area contributed by atoms with E-state index < -0.39 is 24.0 Å². The fourth-order valence-electron chi connectivity index (χ4n) is 3.27. The molecule has 1 unspecified atom stereocenters. The minimum atomic E-state index is -0.923. The highest BCUT2D eigenvalue weighted by Crippen LogP contribution is 2.27. The quantitative estimate of drug-likeness (QED) is 0.524. The van der Waals surface area contributed by atoms with Gasteiger partial charge in [0.05, 0.1) is 7.11 Å². The number of hydrogen-bond acceptors (Lipinski definition) is 6. The molecule has 7 heteroatoms. The second-order valence-corrected chi connectivity index (χ2v) is 7.42. The maximum atomic E-state index is 12.5. The third-order valence-corrected chi connectivity index (χ3v) is 4.90. The van der Waals surface area contributed by atoms with E-state index in [1.807, 2.05) is 48.5 Å². The van der Waals surface area contributed by atoms with Gasteiger partial charge < -0.3 is 19.9 Å². The molecule has 0 aliphatic carbocycles. The van der Waals surface area contributed by atoms with E-state index >= 15 is 0 Å². The lowest BCUT2D eigenvalue weighted by Gasteiger charge is -2.18. The van der Waals surface area contributed by atoms with Crippen molar-refractivity contribution in [3.05, 3.63) is 78.1 Å². The zero-order chi connectivity index (χ0) is 23.1. The number of benzene rings is 2. The molecule has 32 heavy (non-hydrogen) atoms. The van der Waals surface area contributed by atoms with Crippen molar-refractivity contribution in [3.8, 4) is 22.6 Å². The van der Waals surface area contributed by atoms with E-state index in [1.54, 1.807) is 6.92 Å². The third kappa shape index (κ3) is 5.63. The van der Waals surface area contributed by atoms with Gasteiger partial charge in [-0.05, 0) is 30.5 Å². The zero-order valence-corrected chi connectivity index (χ0v) is 18.2. The molecule has 3 rings (SSSR count). The van der Waals surface area contributed by atoms with Gasteiger partial charge in [-0.1, -0.05) is 54.6 Å². The number of carbonyl (C=O) groups is 2. The summed E-state index contributed by atoms with van der Waals surface area (Å²) in [6.07, 6.45) is 1.48. The molecule has 0 saturated heterocycles. The lowest BCUT2D eigenvalue weighted by atomic mass is 10.0. The van der Waals surface area contributed by atoms with Crippen LogP contribution in [0, 0.1) is 0 Å². The van der Waals surface area contributed by atoms with Gasteiger partial charge in [0.2, 0.25) is 0 Å². The largest absolute Gasteiger partial charge is 0.503 e. The molecule has 0 fully saturated rings. The highest BCUT2D eigenvalue weighted by Gasteiger charge is 2.23. The van der Waals surface area contributed by atoms with Gasteiger partial charge in [-0.3, -0.25) is 4.79 Å². The molecular formula is C25H26N2O5. The first-order valence-electron chi connectivity index (χ1n) is 10.3. The average Bonchev–Trinajstić information content (AvgIpc) is 2.79.